The second-order valence-corrected chi connectivity index (χ2v) is 6.64. The van der Waals surface area contributed by atoms with Crippen molar-refractivity contribution in [1.82, 2.24) is 5.32 Å². The molecule has 2 aromatic carbocycles. The van der Waals surface area contributed by atoms with Gasteiger partial charge < -0.3 is 15.4 Å². The standard InChI is InChI=1S/C21H26N2O2S/c1-4-17-8-5-7-16(3)20(17)23-21(26)22-19(24)9-6-14-25-18-12-10-15(2)11-13-18/h5,7-8,10-13H,4,6,9,14H2,1-3H3,(H2,22,23,24,26). The summed E-state index contributed by atoms with van der Waals surface area (Å²) in [6, 6.07) is 14.0. The molecule has 138 valence electrons. The Morgan fingerprint density at radius 2 is 1.85 bits per heavy atom. The molecule has 0 heterocycles. The van der Waals surface area contributed by atoms with Crippen molar-refractivity contribution in [2.24, 2.45) is 0 Å². The van der Waals surface area contributed by atoms with E-state index in [1.54, 1.807) is 0 Å². The summed E-state index contributed by atoms with van der Waals surface area (Å²) < 4.78 is 5.63. The highest BCUT2D eigenvalue weighted by Crippen LogP contribution is 2.20. The summed E-state index contributed by atoms with van der Waals surface area (Å²) in [6.07, 6.45) is 1.89. The van der Waals surface area contributed by atoms with Crippen LogP contribution < -0.4 is 15.4 Å². The first-order valence-corrected chi connectivity index (χ1v) is 9.29. The van der Waals surface area contributed by atoms with Gasteiger partial charge in [-0.2, -0.15) is 0 Å². The van der Waals surface area contributed by atoms with Gasteiger partial charge >= 0.3 is 0 Å². The number of rotatable bonds is 7. The molecule has 0 aliphatic rings. The van der Waals surface area contributed by atoms with E-state index in [4.69, 9.17) is 17.0 Å². The number of thiocarbonyl (C=S) groups is 1. The van der Waals surface area contributed by atoms with E-state index in [0.29, 0.717) is 24.6 Å². The summed E-state index contributed by atoms with van der Waals surface area (Å²) in [5.74, 6) is 0.710. The van der Waals surface area contributed by atoms with Gasteiger partial charge in [0.1, 0.15) is 5.75 Å². The molecule has 0 aromatic heterocycles. The molecule has 0 unspecified atom stereocenters. The Balaban J connectivity index is 1.74. The molecular formula is C21H26N2O2S. The van der Waals surface area contributed by atoms with Crippen LogP contribution in [0.2, 0.25) is 0 Å². The van der Waals surface area contributed by atoms with Crippen LogP contribution in [-0.2, 0) is 11.2 Å². The molecule has 0 saturated carbocycles. The molecule has 5 heteroatoms. The summed E-state index contributed by atoms with van der Waals surface area (Å²) in [5, 5.41) is 6.22. The average molecular weight is 371 g/mol. The zero-order valence-electron chi connectivity index (χ0n) is 15.6. The number of benzene rings is 2. The van der Waals surface area contributed by atoms with Crippen LogP contribution in [-0.4, -0.2) is 17.6 Å². The van der Waals surface area contributed by atoms with Crippen LogP contribution in [0, 0.1) is 13.8 Å². The lowest BCUT2D eigenvalue weighted by Crippen LogP contribution is -2.34. The number of amides is 1. The first-order chi connectivity index (χ1) is 12.5. The van der Waals surface area contributed by atoms with Crippen LogP contribution in [0.25, 0.3) is 0 Å². The summed E-state index contributed by atoms with van der Waals surface area (Å²) in [7, 11) is 0. The molecular weight excluding hydrogens is 344 g/mol. The molecule has 0 aliphatic carbocycles. The first kappa shape index (κ1) is 19.9. The van der Waals surface area contributed by atoms with Crippen LogP contribution in [0.1, 0.15) is 36.5 Å². The van der Waals surface area contributed by atoms with E-state index >= 15 is 0 Å². The predicted octanol–water partition coefficient (Wildman–Crippen LogP) is 4.54. The van der Waals surface area contributed by atoms with Crippen molar-refractivity contribution in [3.05, 3.63) is 59.2 Å². The van der Waals surface area contributed by atoms with Crippen molar-refractivity contribution in [2.75, 3.05) is 11.9 Å². The highest BCUT2D eigenvalue weighted by atomic mass is 32.1. The zero-order chi connectivity index (χ0) is 18.9. The van der Waals surface area contributed by atoms with Crippen LogP contribution in [0.15, 0.2) is 42.5 Å². The Kier molecular flexibility index (Phi) is 7.60. The van der Waals surface area contributed by atoms with E-state index in [2.05, 4.69) is 23.6 Å². The van der Waals surface area contributed by atoms with E-state index in [9.17, 15) is 4.79 Å². The number of hydrogen-bond acceptors (Lipinski definition) is 3. The highest BCUT2D eigenvalue weighted by molar-refractivity contribution is 7.80. The third-order valence-electron chi connectivity index (χ3n) is 4.07. The Morgan fingerprint density at radius 3 is 2.54 bits per heavy atom. The molecule has 2 rings (SSSR count). The fourth-order valence-electron chi connectivity index (χ4n) is 2.59. The smallest absolute Gasteiger partial charge is 0.226 e. The number of aryl methyl sites for hydroxylation is 3. The second-order valence-electron chi connectivity index (χ2n) is 6.23. The van der Waals surface area contributed by atoms with Gasteiger partial charge in [-0.25, -0.2) is 0 Å². The van der Waals surface area contributed by atoms with Gasteiger partial charge in [-0.15, -0.1) is 0 Å². The minimum atomic E-state index is -0.110. The molecule has 0 atom stereocenters. The zero-order valence-corrected chi connectivity index (χ0v) is 16.4. The summed E-state index contributed by atoms with van der Waals surface area (Å²) in [6.45, 7) is 6.64. The maximum atomic E-state index is 12.0. The van der Waals surface area contributed by atoms with Crippen molar-refractivity contribution in [2.45, 2.75) is 40.0 Å². The van der Waals surface area contributed by atoms with Crippen molar-refractivity contribution in [3.63, 3.8) is 0 Å². The lowest BCUT2D eigenvalue weighted by molar-refractivity contribution is -0.119. The lowest BCUT2D eigenvalue weighted by Gasteiger charge is -2.15. The lowest BCUT2D eigenvalue weighted by atomic mass is 10.1. The third-order valence-corrected chi connectivity index (χ3v) is 4.27. The second kappa shape index (κ2) is 9.92. The van der Waals surface area contributed by atoms with Gasteiger partial charge in [0, 0.05) is 12.1 Å². The van der Waals surface area contributed by atoms with Gasteiger partial charge in [-0.3, -0.25) is 4.79 Å². The highest BCUT2D eigenvalue weighted by Gasteiger charge is 2.09. The molecule has 0 radical (unpaired) electrons. The predicted molar refractivity (Wildman–Crippen MR) is 111 cm³/mol. The van der Waals surface area contributed by atoms with E-state index < -0.39 is 0 Å². The number of anilines is 1. The van der Waals surface area contributed by atoms with Crippen molar-refractivity contribution >= 4 is 28.9 Å². The number of hydrogen-bond donors (Lipinski definition) is 2. The van der Waals surface area contributed by atoms with Gasteiger partial charge in [0.2, 0.25) is 5.91 Å². The van der Waals surface area contributed by atoms with Crippen LogP contribution >= 0.6 is 12.2 Å². The number of para-hydroxylation sites is 1. The first-order valence-electron chi connectivity index (χ1n) is 8.88. The Hall–Kier alpha value is -2.40. The quantitative estimate of drug-likeness (QED) is 0.555. The third kappa shape index (κ3) is 6.15. The minimum Gasteiger partial charge on any atom is -0.494 e. The molecule has 4 nitrogen and oxygen atoms in total. The number of carbonyl (C=O) groups is 1. The average Bonchev–Trinajstić information content (AvgIpc) is 2.62. The normalized spacial score (nSPS) is 10.3. The molecule has 0 spiro atoms. The maximum Gasteiger partial charge on any atom is 0.226 e. The Bertz CT molecular complexity index is 757. The van der Waals surface area contributed by atoms with Crippen molar-refractivity contribution < 1.29 is 9.53 Å². The van der Waals surface area contributed by atoms with E-state index in [0.717, 1.165) is 23.4 Å². The monoisotopic (exact) mass is 370 g/mol. The molecule has 0 bridgehead atoms. The minimum absolute atomic E-state index is 0.110. The Morgan fingerprint density at radius 1 is 1.12 bits per heavy atom. The molecule has 26 heavy (non-hydrogen) atoms. The van der Waals surface area contributed by atoms with Gasteiger partial charge in [-0.1, -0.05) is 42.8 Å². The van der Waals surface area contributed by atoms with Gasteiger partial charge in [0.25, 0.3) is 0 Å². The van der Waals surface area contributed by atoms with Gasteiger partial charge in [0.05, 0.1) is 6.61 Å². The Labute approximate surface area is 161 Å². The molecule has 0 aliphatic heterocycles. The summed E-state index contributed by atoms with van der Waals surface area (Å²) in [4.78, 5) is 12.0. The number of carbonyl (C=O) groups excluding carboxylic acids is 1. The van der Waals surface area contributed by atoms with Gasteiger partial charge in [-0.05, 0) is 62.2 Å². The number of ether oxygens (including phenoxy) is 1. The molecule has 1 amide bonds. The van der Waals surface area contributed by atoms with Crippen LogP contribution in [0.4, 0.5) is 5.69 Å². The topological polar surface area (TPSA) is 50.4 Å². The molecule has 2 aromatic rings. The molecule has 0 fully saturated rings. The summed E-state index contributed by atoms with van der Waals surface area (Å²) >= 11 is 5.27. The largest absolute Gasteiger partial charge is 0.494 e. The van der Waals surface area contributed by atoms with Crippen LogP contribution in [0.3, 0.4) is 0 Å². The number of nitrogens with one attached hydrogen (secondary N) is 2. The maximum absolute atomic E-state index is 12.0. The fraction of sp³-hybridized carbons (Fsp3) is 0.333. The van der Waals surface area contributed by atoms with Crippen molar-refractivity contribution in [3.8, 4) is 5.75 Å². The van der Waals surface area contributed by atoms with E-state index in [-0.39, 0.29) is 5.91 Å². The fourth-order valence-corrected chi connectivity index (χ4v) is 2.81. The SMILES string of the molecule is CCc1cccc(C)c1NC(=S)NC(=O)CCCOc1ccc(C)cc1. The van der Waals surface area contributed by atoms with E-state index in [1.165, 1.54) is 11.1 Å². The molecule has 0 saturated heterocycles. The molecule has 2 N–H and O–H groups in total. The van der Waals surface area contributed by atoms with Crippen molar-refractivity contribution in [1.29, 1.82) is 0 Å². The van der Waals surface area contributed by atoms with Crippen LogP contribution in [0.5, 0.6) is 5.75 Å². The summed E-state index contributed by atoms with van der Waals surface area (Å²) in [5.41, 5.74) is 4.45. The van der Waals surface area contributed by atoms with E-state index in [1.807, 2.05) is 50.2 Å². The van der Waals surface area contributed by atoms with Gasteiger partial charge in [0.15, 0.2) is 5.11 Å².